The number of thiazole rings is 3. The number of anilines is 1. The van der Waals surface area contributed by atoms with Crippen molar-refractivity contribution < 1.29 is 33.2 Å². The summed E-state index contributed by atoms with van der Waals surface area (Å²) in [4.78, 5) is 65.6. The molecule has 9 heterocycles. The zero-order chi connectivity index (χ0) is 54.1. The second-order valence-electron chi connectivity index (χ2n) is 17.9. The van der Waals surface area contributed by atoms with E-state index in [9.17, 15) is 14.4 Å². The summed E-state index contributed by atoms with van der Waals surface area (Å²) in [6.07, 6.45) is 6.78. The number of aromatic nitrogens is 11. The number of carbonyl (C=O) groups is 3. The van der Waals surface area contributed by atoms with E-state index < -0.39 is 30.3 Å². The number of rotatable bonds is 9. The van der Waals surface area contributed by atoms with E-state index in [1.807, 2.05) is 93.8 Å². The molecular weight excluding hydrogens is 1070 g/mol. The summed E-state index contributed by atoms with van der Waals surface area (Å²) >= 11 is 8.08. The molecule has 1 aliphatic rings. The molecule has 386 valence electrons. The number of aryl methyl sites for hydroxylation is 6. The van der Waals surface area contributed by atoms with Crippen molar-refractivity contribution >= 4 is 86.2 Å². The Hall–Kier alpha value is -6.57. The number of halogens is 1. The maximum absolute atomic E-state index is 12.8. The fourth-order valence-corrected chi connectivity index (χ4v) is 9.27. The average Bonchev–Trinajstić information content (AvgIpc) is 4.23. The van der Waals surface area contributed by atoms with Gasteiger partial charge in [0, 0.05) is 40.5 Å². The zero-order valence-corrected chi connectivity index (χ0v) is 47.5. The first kappa shape index (κ1) is 56.7. The Morgan fingerprint density at radius 2 is 1.22 bits per heavy atom. The zero-order valence-electron chi connectivity index (χ0n) is 43.5. The number of ether oxygens (including phenoxy) is 2. The van der Waals surface area contributed by atoms with E-state index in [1.54, 1.807) is 99.9 Å². The van der Waals surface area contributed by atoms with E-state index in [0.717, 1.165) is 63.5 Å². The smallest absolute Gasteiger partial charge is 0.464 e. The van der Waals surface area contributed by atoms with Crippen molar-refractivity contribution in [1.82, 2.24) is 55.1 Å². The van der Waals surface area contributed by atoms with E-state index in [0.29, 0.717) is 28.7 Å². The van der Waals surface area contributed by atoms with Crippen molar-refractivity contribution in [3.63, 3.8) is 0 Å². The maximum Gasteiger partial charge on any atom is 0.495 e. The Balaban J connectivity index is 0.000000176. The molecule has 24 heteroatoms. The lowest BCUT2D eigenvalue weighted by molar-refractivity contribution is 0.00578. The molecule has 19 nitrogen and oxygen atoms in total. The Bertz CT molecular complexity index is 3230. The molecule has 1 saturated heterocycles. The molecule has 1 N–H and O–H groups in total. The van der Waals surface area contributed by atoms with Gasteiger partial charge < -0.3 is 24.1 Å². The number of tetrazole rings is 1. The molecular formula is C50H56BBrN12O7S3. The van der Waals surface area contributed by atoms with Gasteiger partial charge in [-0.1, -0.05) is 6.07 Å². The van der Waals surface area contributed by atoms with Crippen molar-refractivity contribution in [2.45, 2.75) is 100 Å². The van der Waals surface area contributed by atoms with E-state index in [1.165, 1.54) is 14.2 Å². The molecule has 74 heavy (non-hydrogen) atoms. The topological polar surface area (TPSA) is 234 Å². The van der Waals surface area contributed by atoms with Gasteiger partial charge in [0.2, 0.25) is 5.82 Å². The van der Waals surface area contributed by atoms with Crippen LogP contribution in [0.4, 0.5) is 5.82 Å². The summed E-state index contributed by atoms with van der Waals surface area (Å²) in [5, 5.41) is 21.6. The second kappa shape index (κ2) is 24.6. The van der Waals surface area contributed by atoms with Gasteiger partial charge in [-0.15, -0.1) is 39.1 Å². The summed E-state index contributed by atoms with van der Waals surface area (Å²) in [6.45, 7) is 23.6. The molecule has 1 amide bonds. The minimum absolute atomic E-state index is 0.0829. The highest BCUT2D eigenvalue weighted by Gasteiger charge is 2.52. The lowest BCUT2D eigenvalue weighted by Crippen LogP contribution is -2.41. The standard InChI is InChI=1S/C20H20N8OS.C14H20BNO4.C12H12N2O2S.C4H4BrNS/c1-11(2)28-19(25-26-27-28)15-6-5-7-18(23-15)24-20(29)16-8-14(12(3)9-21-16)17-10-30-13(4)22-17;1-9-8-16-11(12(17)18-6)7-10(9)15-19-13(2,3)14(4,5)20-15;1-7-5-13-10(12(15)16-3)4-9(7)11-6-17-8(2)14-11;1-3-6-2-4(5)7-3/h5-11H,1-4H3,(H,23,24,29);7-8H,1-6H3;4-6H,1-3H3;2H,1H3. The third-order valence-corrected chi connectivity index (χ3v) is 14.4. The minimum Gasteiger partial charge on any atom is -0.464 e. The van der Waals surface area contributed by atoms with Gasteiger partial charge in [-0.05, 0) is 162 Å². The van der Waals surface area contributed by atoms with Gasteiger partial charge in [0.1, 0.15) is 28.6 Å². The van der Waals surface area contributed by atoms with Gasteiger partial charge >= 0.3 is 19.1 Å². The molecule has 1 aliphatic heterocycles. The van der Waals surface area contributed by atoms with E-state index >= 15 is 0 Å². The Labute approximate surface area is 450 Å². The predicted octanol–water partition coefficient (Wildman–Crippen LogP) is 10.0. The first-order chi connectivity index (χ1) is 35.0. The summed E-state index contributed by atoms with van der Waals surface area (Å²) < 4.78 is 24.1. The van der Waals surface area contributed by atoms with Crippen LogP contribution in [0.2, 0.25) is 0 Å². The number of hydrogen-bond donors (Lipinski definition) is 1. The fraction of sp³-hybridized carbons (Fsp3) is 0.340. The van der Waals surface area contributed by atoms with Crippen LogP contribution in [-0.4, -0.2) is 105 Å². The Morgan fingerprint density at radius 3 is 1.69 bits per heavy atom. The van der Waals surface area contributed by atoms with E-state index in [2.05, 4.69) is 76.4 Å². The van der Waals surface area contributed by atoms with Crippen LogP contribution in [-0.2, 0) is 18.8 Å². The largest absolute Gasteiger partial charge is 0.495 e. The molecule has 9 rings (SSSR count). The predicted molar refractivity (Wildman–Crippen MR) is 291 cm³/mol. The molecule has 0 aliphatic carbocycles. The molecule has 0 saturated carbocycles. The molecule has 0 unspecified atom stereocenters. The highest BCUT2D eigenvalue weighted by atomic mass is 79.9. The van der Waals surface area contributed by atoms with Crippen LogP contribution in [0, 0.1) is 41.5 Å². The minimum atomic E-state index is -0.508. The first-order valence-electron chi connectivity index (χ1n) is 22.9. The van der Waals surface area contributed by atoms with Crippen molar-refractivity contribution in [3.8, 4) is 34.0 Å². The molecule has 8 aromatic heterocycles. The lowest BCUT2D eigenvalue weighted by atomic mass is 9.76. The van der Waals surface area contributed by atoms with Gasteiger partial charge in [-0.2, -0.15) is 0 Å². The SMILES string of the molecule is COC(=O)c1cc(-c2csc(C)n2)c(C)cn1.COC(=O)c1cc(B2OC(C)(C)C(C)(C)O2)c(C)cn1.Cc1nc(-c2cc(C(=O)Nc3cccc(-c4nnnn4C(C)C)n3)ncc2C)cs1.Cc1ncc(Br)s1. The van der Waals surface area contributed by atoms with Crippen LogP contribution >= 0.6 is 49.9 Å². The molecule has 0 spiro atoms. The van der Waals surface area contributed by atoms with Gasteiger partial charge in [-0.3, -0.25) is 9.78 Å². The lowest BCUT2D eigenvalue weighted by Gasteiger charge is -2.32. The summed E-state index contributed by atoms with van der Waals surface area (Å²) in [6, 6.07) is 10.5. The number of hydrogen-bond acceptors (Lipinski definition) is 20. The summed E-state index contributed by atoms with van der Waals surface area (Å²) in [5.74, 6) is -0.322. The highest BCUT2D eigenvalue weighted by Crippen LogP contribution is 2.37. The normalized spacial score (nSPS) is 13.2. The van der Waals surface area contributed by atoms with E-state index in [-0.39, 0.29) is 17.6 Å². The van der Waals surface area contributed by atoms with Crippen molar-refractivity contribution in [3.05, 3.63) is 125 Å². The first-order valence-corrected chi connectivity index (χ1v) is 26.3. The Morgan fingerprint density at radius 1 is 0.689 bits per heavy atom. The summed E-state index contributed by atoms with van der Waals surface area (Å²) in [5.41, 5.74) is 7.77. The third-order valence-electron chi connectivity index (χ3n) is 11.5. The van der Waals surface area contributed by atoms with Crippen molar-refractivity contribution in [2.75, 3.05) is 19.5 Å². The second-order valence-corrected chi connectivity index (χ2v) is 22.6. The van der Waals surface area contributed by atoms with Crippen LogP contribution in [0.1, 0.15) is 111 Å². The molecule has 0 atom stereocenters. The van der Waals surface area contributed by atoms with Gasteiger partial charge in [-0.25, -0.2) is 44.2 Å². The molecule has 8 aromatic rings. The maximum atomic E-state index is 12.8. The monoisotopic (exact) mass is 1120 g/mol. The number of amides is 1. The highest BCUT2D eigenvalue weighted by molar-refractivity contribution is 9.11. The molecule has 0 aromatic carbocycles. The number of nitrogens with zero attached hydrogens (tertiary/aromatic N) is 11. The third kappa shape index (κ3) is 14.2. The van der Waals surface area contributed by atoms with E-state index in [4.69, 9.17) is 14.0 Å². The van der Waals surface area contributed by atoms with Crippen LogP contribution in [0.15, 0.2) is 75.7 Å². The van der Waals surface area contributed by atoms with Crippen LogP contribution in [0.3, 0.4) is 0 Å². The van der Waals surface area contributed by atoms with Gasteiger partial charge in [0.25, 0.3) is 5.91 Å². The quantitative estimate of drug-likeness (QED) is 0.105. The summed E-state index contributed by atoms with van der Waals surface area (Å²) in [7, 11) is 2.17. The van der Waals surface area contributed by atoms with Crippen molar-refractivity contribution in [2.24, 2.45) is 0 Å². The van der Waals surface area contributed by atoms with Crippen LogP contribution < -0.4 is 10.8 Å². The molecule has 0 bridgehead atoms. The van der Waals surface area contributed by atoms with Crippen LogP contribution in [0.5, 0.6) is 0 Å². The van der Waals surface area contributed by atoms with Gasteiger partial charge in [0.15, 0.2) is 0 Å². The number of pyridine rings is 4. The molecule has 1 fully saturated rings. The number of methoxy groups -OCH3 is 2. The van der Waals surface area contributed by atoms with Crippen LogP contribution in [0.25, 0.3) is 34.0 Å². The van der Waals surface area contributed by atoms with Crippen molar-refractivity contribution in [1.29, 1.82) is 0 Å². The fourth-order valence-electron chi connectivity index (χ4n) is 6.75. The average molecular weight is 1120 g/mol. The van der Waals surface area contributed by atoms with Gasteiger partial charge in [0.05, 0.1) is 67.9 Å². The number of carbonyl (C=O) groups excluding carboxylic acids is 3. The molecule has 0 radical (unpaired) electrons. The Kier molecular flexibility index (Phi) is 18.9. The number of esters is 2. The number of nitrogens with one attached hydrogen (secondary N) is 1.